The van der Waals surface area contributed by atoms with Crippen molar-refractivity contribution in [3.8, 4) is 0 Å². The lowest BCUT2D eigenvalue weighted by Crippen LogP contribution is -2.57. The van der Waals surface area contributed by atoms with Gasteiger partial charge in [0.15, 0.2) is 0 Å². The molecule has 17 heavy (non-hydrogen) atoms. The Kier molecular flexibility index (Phi) is 4.51. The normalized spacial score (nSPS) is 18.5. The van der Waals surface area contributed by atoms with Crippen LogP contribution in [-0.4, -0.2) is 42.4 Å². The van der Waals surface area contributed by atoms with Crippen LogP contribution in [0, 0.1) is 0 Å². The molecule has 7 heteroatoms. The minimum Gasteiger partial charge on any atom is -0.480 e. The smallest absolute Gasteiger partial charge is 0.324 e. The summed E-state index contributed by atoms with van der Waals surface area (Å²) in [6.45, 7) is 4.28. The molecule has 0 bridgehead atoms. The van der Waals surface area contributed by atoms with Gasteiger partial charge in [0.05, 0.1) is 0 Å². The summed E-state index contributed by atoms with van der Waals surface area (Å²) in [5.74, 6) is -1.12. The minimum atomic E-state index is -3.68. The molecule has 0 saturated carbocycles. The number of carboxylic acid groups (broad SMARTS) is 1. The molecule has 1 aliphatic heterocycles. The molecular weight excluding hydrogens is 244 g/mol. The van der Waals surface area contributed by atoms with Gasteiger partial charge < -0.3 is 5.11 Å². The molecule has 0 amide bonds. The second-order valence-corrected chi connectivity index (χ2v) is 5.98. The Morgan fingerprint density at radius 1 is 1.29 bits per heavy atom. The standard InChI is InChI=1S/C10H20N2O4S/c1-3-10(4-2,9(13)14)11-17(15,16)12-7-5-6-8-12/h11H,3-8H2,1-2H3,(H,13,14). The number of nitrogens with zero attached hydrogens (tertiary/aromatic N) is 1. The molecule has 0 unspecified atom stereocenters. The molecule has 2 N–H and O–H groups in total. The number of hydrogen-bond acceptors (Lipinski definition) is 3. The molecule has 100 valence electrons. The number of nitrogens with one attached hydrogen (secondary N) is 1. The van der Waals surface area contributed by atoms with E-state index < -0.39 is 21.7 Å². The molecule has 0 aromatic carbocycles. The van der Waals surface area contributed by atoms with E-state index in [1.807, 2.05) is 0 Å². The first-order valence-corrected chi connectivity index (χ1v) is 7.34. The van der Waals surface area contributed by atoms with Gasteiger partial charge in [-0.3, -0.25) is 4.79 Å². The first kappa shape index (κ1) is 14.4. The van der Waals surface area contributed by atoms with Crippen molar-refractivity contribution in [3.63, 3.8) is 0 Å². The number of hydrogen-bond donors (Lipinski definition) is 2. The van der Waals surface area contributed by atoms with Crippen molar-refractivity contribution in [1.82, 2.24) is 9.03 Å². The Morgan fingerprint density at radius 3 is 2.12 bits per heavy atom. The molecule has 1 aliphatic rings. The van der Waals surface area contributed by atoms with Crippen molar-refractivity contribution < 1.29 is 18.3 Å². The van der Waals surface area contributed by atoms with Crippen molar-refractivity contribution in [2.24, 2.45) is 0 Å². The van der Waals surface area contributed by atoms with Crippen LogP contribution in [-0.2, 0) is 15.0 Å². The number of carboxylic acids is 1. The third kappa shape index (κ3) is 2.97. The van der Waals surface area contributed by atoms with Crippen molar-refractivity contribution in [1.29, 1.82) is 0 Å². The van der Waals surface area contributed by atoms with Gasteiger partial charge in [0.2, 0.25) is 0 Å². The maximum absolute atomic E-state index is 12.0. The zero-order chi connectivity index (χ0) is 13.1. The van der Waals surface area contributed by atoms with E-state index in [2.05, 4.69) is 4.72 Å². The maximum Gasteiger partial charge on any atom is 0.324 e. The van der Waals surface area contributed by atoms with Gasteiger partial charge in [-0.15, -0.1) is 0 Å². The highest BCUT2D eigenvalue weighted by Crippen LogP contribution is 2.20. The Hall–Kier alpha value is -0.660. The lowest BCUT2D eigenvalue weighted by atomic mass is 9.95. The average molecular weight is 264 g/mol. The number of aliphatic carboxylic acids is 1. The first-order valence-electron chi connectivity index (χ1n) is 5.90. The molecule has 1 fully saturated rings. The molecule has 0 spiro atoms. The SMILES string of the molecule is CCC(CC)(NS(=O)(=O)N1CCCC1)C(=O)O. The van der Waals surface area contributed by atoms with Gasteiger partial charge in [0, 0.05) is 13.1 Å². The number of rotatable bonds is 6. The summed E-state index contributed by atoms with van der Waals surface area (Å²) in [4.78, 5) is 11.2. The topological polar surface area (TPSA) is 86.7 Å². The Morgan fingerprint density at radius 2 is 1.76 bits per heavy atom. The fourth-order valence-electron chi connectivity index (χ4n) is 1.98. The summed E-state index contributed by atoms with van der Waals surface area (Å²) in [5, 5.41) is 9.18. The molecule has 0 aromatic rings. The van der Waals surface area contributed by atoms with Crippen LogP contribution in [0.25, 0.3) is 0 Å². The fraction of sp³-hybridized carbons (Fsp3) is 0.900. The summed E-state index contributed by atoms with van der Waals surface area (Å²) in [5.41, 5.74) is -1.39. The second-order valence-electron chi connectivity index (χ2n) is 4.31. The van der Waals surface area contributed by atoms with Crippen LogP contribution in [0.5, 0.6) is 0 Å². The lowest BCUT2D eigenvalue weighted by Gasteiger charge is -2.30. The van der Waals surface area contributed by atoms with Crippen molar-refractivity contribution in [2.75, 3.05) is 13.1 Å². The van der Waals surface area contributed by atoms with E-state index in [1.165, 1.54) is 4.31 Å². The largest absolute Gasteiger partial charge is 0.480 e. The number of carbonyl (C=O) groups is 1. The molecule has 1 saturated heterocycles. The van der Waals surface area contributed by atoms with Gasteiger partial charge >= 0.3 is 5.97 Å². The fourth-order valence-corrected chi connectivity index (χ4v) is 3.72. The molecule has 1 heterocycles. The zero-order valence-corrected chi connectivity index (χ0v) is 11.1. The summed E-state index contributed by atoms with van der Waals surface area (Å²) in [7, 11) is -3.68. The van der Waals surface area contributed by atoms with Crippen LogP contribution < -0.4 is 4.72 Å². The Bertz CT molecular complexity index is 370. The quantitative estimate of drug-likeness (QED) is 0.734. The summed E-state index contributed by atoms with van der Waals surface area (Å²) >= 11 is 0. The lowest BCUT2D eigenvalue weighted by molar-refractivity contribution is -0.144. The predicted octanol–water partition coefficient (Wildman–Crippen LogP) is 0.560. The second kappa shape index (κ2) is 5.32. The highest BCUT2D eigenvalue weighted by atomic mass is 32.2. The van der Waals surface area contributed by atoms with Crippen LogP contribution in [0.1, 0.15) is 39.5 Å². The van der Waals surface area contributed by atoms with Crippen molar-refractivity contribution >= 4 is 16.2 Å². The Labute approximate surface area is 102 Å². The van der Waals surface area contributed by atoms with Crippen LogP contribution in [0.2, 0.25) is 0 Å². The van der Waals surface area contributed by atoms with Gasteiger partial charge in [-0.1, -0.05) is 13.8 Å². The van der Waals surface area contributed by atoms with E-state index in [0.29, 0.717) is 13.1 Å². The van der Waals surface area contributed by atoms with Gasteiger partial charge in [-0.05, 0) is 25.7 Å². The van der Waals surface area contributed by atoms with Crippen LogP contribution in [0.15, 0.2) is 0 Å². The van der Waals surface area contributed by atoms with E-state index in [9.17, 15) is 18.3 Å². The molecule has 0 radical (unpaired) electrons. The first-order chi connectivity index (χ1) is 7.88. The van der Waals surface area contributed by atoms with Gasteiger partial charge in [0.1, 0.15) is 5.54 Å². The van der Waals surface area contributed by atoms with E-state index in [0.717, 1.165) is 12.8 Å². The van der Waals surface area contributed by atoms with Crippen LogP contribution >= 0.6 is 0 Å². The molecule has 0 aromatic heterocycles. The molecule has 6 nitrogen and oxygen atoms in total. The van der Waals surface area contributed by atoms with E-state index in [-0.39, 0.29) is 12.8 Å². The van der Waals surface area contributed by atoms with Crippen LogP contribution in [0.4, 0.5) is 0 Å². The third-order valence-electron chi connectivity index (χ3n) is 3.35. The van der Waals surface area contributed by atoms with Gasteiger partial charge in [0.25, 0.3) is 10.2 Å². The Balaban J connectivity index is 2.89. The van der Waals surface area contributed by atoms with E-state index in [1.54, 1.807) is 13.8 Å². The van der Waals surface area contributed by atoms with E-state index >= 15 is 0 Å². The summed E-state index contributed by atoms with van der Waals surface area (Å²) < 4.78 is 27.7. The third-order valence-corrected chi connectivity index (χ3v) is 5.04. The molecule has 0 atom stereocenters. The highest BCUT2D eigenvalue weighted by Gasteiger charge is 2.41. The van der Waals surface area contributed by atoms with Gasteiger partial charge in [-0.2, -0.15) is 17.4 Å². The van der Waals surface area contributed by atoms with Crippen molar-refractivity contribution in [2.45, 2.75) is 45.1 Å². The monoisotopic (exact) mass is 264 g/mol. The summed E-state index contributed by atoms with van der Waals surface area (Å²) in [6.07, 6.45) is 2.12. The maximum atomic E-state index is 12.0. The van der Waals surface area contributed by atoms with E-state index in [4.69, 9.17) is 0 Å². The minimum absolute atomic E-state index is 0.228. The molecule has 0 aliphatic carbocycles. The van der Waals surface area contributed by atoms with Gasteiger partial charge in [-0.25, -0.2) is 0 Å². The summed E-state index contributed by atoms with van der Waals surface area (Å²) in [6, 6.07) is 0. The van der Waals surface area contributed by atoms with Crippen molar-refractivity contribution in [3.05, 3.63) is 0 Å². The highest BCUT2D eigenvalue weighted by molar-refractivity contribution is 7.87. The van der Waals surface area contributed by atoms with Crippen LogP contribution in [0.3, 0.4) is 0 Å². The average Bonchev–Trinajstić information content (AvgIpc) is 2.79. The zero-order valence-electron chi connectivity index (χ0n) is 10.3. The predicted molar refractivity (Wildman–Crippen MR) is 63.8 cm³/mol. The molecular formula is C10H20N2O4S. The molecule has 1 rings (SSSR count).